The number of carbonyl (C=O) groups excluding carboxylic acids is 1. The van der Waals surface area contributed by atoms with Gasteiger partial charge in [-0.3, -0.25) is 4.79 Å². The SMILES string of the molecule is O=C(c1ccc(Oc2ccc(Oc3ccccc3)cc2)nc1)N1CCOCC1. The largest absolute Gasteiger partial charge is 0.457 e. The zero-order valence-corrected chi connectivity index (χ0v) is 15.3. The molecule has 28 heavy (non-hydrogen) atoms. The highest BCUT2D eigenvalue weighted by Crippen LogP contribution is 2.26. The van der Waals surface area contributed by atoms with Crippen molar-refractivity contribution in [2.45, 2.75) is 0 Å². The van der Waals surface area contributed by atoms with Gasteiger partial charge >= 0.3 is 0 Å². The Morgan fingerprint density at radius 1 is 0.821 bits per heavy atom. The Labute approximate surface area is 163 Å². The molecule has 6 heteroatoms. The summed E-state index contributed by atoms with van der Waals surface area (Å²) in [6.07, 6.45) is 1.54. The fourth-order valence-electron chi connectivity index (χ4n) is 2.84. The van der Waals surface area contributed by atoms with Crippen molar-refractivity contribution < 1.29 is 19.0 Å². The van der Waals surface area contributed by atoms with Gasteiger partial charge < -0.3 is 19.1 Å². The Balaban J connectivity index is 1.37. The van der Waals surface area contributed by atoms with Gasteiger partial charge in [-0.15, -0.1) is 0 Å². The van der Waals surface area contributed by atoms with Crippen LogP contribution >= 0.6 is 0 Å². The lowest BCUT2D eigenvalue weighted by Crippen LogP contribution is -2.40. The summed E-state index contributed by atoms with van der Waals surface area (Å²) in [5.41, 5.74) is 0.542. The minimum atomic E-state index is -0.0373. The van der Waals surface area contributed by atoms with Crippen molar-refractivity contribution in [3.05, 3.63) is 78.5 Å². The fourth-order valence-corrected chi connectivity index (χ4v) is 2.84. The van der Waals surface area contributed by atoms with E-state index < -0.39 is 0 Å². The average molecular weight is 376 g/mol. The summed E-state index contributed by atoms with van der Waals surface area (Å²) in [7, 11) is 0. The topological polar surface area (TPSA) is 60.9 Å². The summed E-state index contributed by atoms with van der Waals surface area (Å²) in [5, 5.41) is 0. The molecule has 2 heterocycles. The summed E-state index contributed by atoms with van der Waals surface area (Å²) >= 11 is 0. The molecule has 0 radical (unpaired) electrons. The number of para-hydroxylation sites is 1. The summed E-state index contributed by atoms with van der Waals surface area (Å²) < 4.78 is 16.8. The molecule has 2 aromatic carbocycles. The van der Waals surface area contributed by atoms with Crippen molar-refractivity contribution in [3.63, 3.8) is 0 Å². The summed E-state index contributed by atoms with van der Waals surface area (Å²) in [4.78, 5) is 18.5. The third kappa shape index (κ3) is 4.47. The van der Waals surface area contributed by atoms with Gasteiger partial charge in [0.05, 0.1) is 18.8 Å². The maximum Gasteiger partial charge on any atom is 0.255 e. The molecule has 6 nitrogen and oxygen atoms in total. The molecule has 0 saturated carbocycles. The maximum atomic E-state index is 12.4. The molecule has 0 spiro atoms. The monoisotopic (exact) mass is 376 g/mol. The molecule has 1 aromatic heterocycles. The molecule has 3 aromatic rings. The number of benzene rings is 2. The highest BCUT2D eigenvalue weighted by molar-refractivity contribution is 5.94. The number of nitrogens with zero attached hydrogens (tertiary/aromatic N) is 2. The van der Waals surface area contributed by atoms with Crippen LogP contribution in [0.15, 0.2) is 72.9 Å². The van der Waals surface area contributed by atoms with E-state index in [1.165, 1.54) is 0 Å². The Morgan fingerprint density at radius 3 is 2.11 bits per heavy atom. The smallest absolute Gasteiger partial charge is 0.255 e. The van der Waals surface area contributed by atoms with Crippen molar-refractivity contribution in [3.8, 4) is 23.1 Å². The predicted molar refractivity (Wildman–Crippen MR) is 104 cm³/mol. The van der Waals surface area contributed by atoms with E-state index in [1.54, 1.807) is 23.2 Å². The predicted octanol–water partition coefficient (Wildman–Crippen LogP) is 4.14. The summed E-state index contributed by atoms with van der Waals surface area (Å²) in [6, 6.07) is 20.3. The molecule has 1 saturated heterocycles. The minimum Gasteiger partial charge on any atom is -0.457 e. The Morgan fingerprint density at radius 2 is 1.46 bits per heavy atom. The zero-order valence-electron chi connectivity index (χ0n) is 15.3. The van der Waals surface area contributed by atoms with Gasteiger partial charge in [-0.1, -0.05) is 18.2 Å². The van der Waals surface area contributed by atoms with E-state index in [-0.39, 0.29) is 5.91 Å². The van der Waals surface area contributed by atoms with E-state index in [0.717, 1.165) is 11.5 Å². The van der Waals surface area contributed by atoms with Crippen LogP contribution in [0.5, 0.6) is 23.1 Å². The van der Waals surface area contributed by atoms with Crippen molar-refractivity contribution in [1.82, 2.24) is 9.88 Å². The van der Waals surface area contributed by atoms with E-state index in [2.05, 4.69) is 4.98 Å². The number of carbonyl (C=O) groups is 1. The first kappa shape index (κ1) is 18.0. The van der Waals surface area contributed by atoms with Gasteiger partial charge in [0.2, 0.25) is 5.88 Å². The Kier molecular flexibility index (Phi) is 5.49. The fraction of sp³-hybridized carbons (Fsp3) is 0.182. The number of morpholine rings is 1. The van der Waals surface area contributed by atoms with Gasteiger partial charge in [0, 0.05) is 25.4 Å². The first-order valence-electron chi connectivity index (χ1n) is 9.12. The van der Waals surface area contributed by atoms with Gasteiger partial charge in [0.1, 0.15) is 17.2 Å². The molecular formula is C22H20N2O4. The van der Waals surface area contributed by atoms with Crippen LogP contribution in [-0.2, 0) is 4.74 Å². The highest BCUT2D eigenvalue weighted by Gasteiger charge is 2.18. The Bertz CT molecular complexity index is 906. The number of hydrogen-bond donors (Lipinski definition) is 0. The average Bonchev–Trinajstić information content (AvgIpc) is 2.76. The molecule has 1 amide bonds. The molecule has 142 valence electrons. The van der Waals surface area contributed by atoms with Crippen LogP contribution in [0.1, 0.15) is 10.4 Å². The highest BCUT2D eigenvalue weighted by atomic mass is 16.5. The normalized spacial score (nSPS) is 13.8. The molecule has 1 fully saturated rings. The summed E-state index contributed by atoms with van der Waals surface area (Å²) in [5.74, 6) is 2.52. The molecule has 0 unspecified atom stereocenters. The van der Waals surface area contributed by atoms with Gasteiger partial charge in [-0.2, -0.15) is 0 Å². The number of amides is 1. The zero-order chi connectivity index (χ0) is 19.2. The van der Waals surface area contributed by atoms with Crippen LogP contribution in [0, 0.1) is 0 Å². The van der Waals surface area contributed by atoms with Gasteiger partial charge in [0.25, 0.3) is 5.91 Å². The van der Waals surface area contributed by atoms with Gasteiger partial charge in [-0.25, -0.2) is 4.98 Å². The molecular weight excluding hydrogens is 356 g/mol. The summed E-state index contributed by atoms with van der Waals surface area (Å²) in [6.45, 7) is 2.36. The molecule has 0 atom stereocenters. The van der Waals surface area contributed by atoms with Crippen LogP contribution in [0.2, 0.25) is 0 Å². The third-order valence-electron chi connectivity index (χ3n) is 4.31. The molecule has 1 aliphatic rings. The number of rotatable bonds is 5. The van der Waals surface area contributed by atoms with E-state index in [4.69, 9.17) is 14.2 Å². The van der Waals surface area contributed by atoms with E-state index in [0.29, 0.717) is 43.5 Å². The lowest BCUT2D eigenvalue weighted by molar-refractivity contribution is 0.0302. The van der Waals surface area contributed by atoms with Crippen LogP contribution in [0.25, 0.3) is 0 Å². The standard InChI is InChI=1S/C22H20N2O4/c25-22(24-12-14-26-15-13-24)17-6-11-21(23-16-17)28-20-9-7-19(8-10-20)27-18-4-2-1-3-5-18/h1-11,16H,12-15H2. The molecule has 1 aliphatic heterocycles. The second kappa shape index (κ2) is 8.54. The molecule has 4 rings (SSSR count). The molecule has 0 N–H and O–H groups in total. The van der Waals surface area contributed by atoms with Crippen LogP contribution in [0.3, 0.4) is 0 Å². The quantitative estimate of drug-likeness (QED) is 0.670. The third-order valence-corrected chi connectivity index (χ3v) is 4.31. The Hall–Kier alpha value is -3.38. The van der Waals surface area contributed by atoms with Crippen molar-refractivity contribution in [2.75, 3.05) is 26.3 Å². The second-order valence-corrected chi connectivity index (χ2v) is 6.28. The van der Waals surface area contributed by atoms with Crippen molar-refractivity contribution in [1.29, 1.82) is 0 Å². The van der Waals surface area contributed by atoms with Crippen LogP contribution in [0.4, 0.5) is 0 Å². The van der Waals surface area contributed by atoms with Crippen molar-refractivity contribution in [2.24, 2.45) is 0 Å². The second-order valence-electron chi connectivity index (χ2n) is 6.28. The van der Waals surface area contributed by atoms with E-state index in [9.17, 15) is 4.79 Å². The maximum absolute atomic E-state index is 12.4. The molecule has 0 bridgehead atoms. The van der Waals surface area contributed by atoms with E-state index >= 15 is 0 Å². The first-order chi connectivity index (χ1) is 13.8. The number of aromatic nitrogens is 1. The minimum absolute atomic E-state index is 0.0373. The van der Waals surface area contributed by atoms with E-state index in [1.807, 2.05) is 54.6 Å². The van der Waals surface area contributed by atoms with Crippen molar-refractivity contribution >= 4 is 5.91 Å². The van der Waals surface area contributed by atoms with Gasteiger partial charge in [0.15, 0.2) is 0 Å². The van der Waals surface area contributed by atoms with Crippen LogP contribution < -0.4 is 9.47 Å². The first-order valence-corrected chi connectivity index (χ1v) is 9.12. The van der Waals surface area contributed by atoms with Crippen LogP contribution in [-0.4, -0.2) is 42.1 Å². The number of hydrogen-bond acceptors (Lipinski definition) is 5. The lowest BCUT2D eigenvalue weighted by atomic mass is 10.2. The molecule has 0 aliphatic carbocycles. The number of pyridine rings is 1. The number of ether oxygens (including phenoxy) is 3. The van der Waals surface area contributed by atoms with Gasteiger partial charge in [-0.05, 0) is 42.5 Å². The lowest BCUT2D eigenvalue weighted by Gasteiger charge is -2.26.